The smallest absolute Gasteiger partial charge is 0.422 e. The minimum atomic E-state index is -4.43. The summed E-state index contributed by atoms with van der Waals surface area (Å²) in [6.45, 7) is -0.815. The van der Waals surface area contributed by atoms with Crippen LogP contribution in [0.15, 0.2) is 18.3 Å². The monoisotopic (exact) mass is 291 g/mol. The first-order chi connectivity index (χ1) is 9.42. The summed E-state index contributed by atoms with van der Waals surface area (Å²) in [5.74, 6) is -0.330. The third-order valence-electron chi connectivity index (χ3n) is 2.30. The first-order valence-electron chi connectivity index (χ1n) is 5.97. The van der Waals surface area contributed by atoms with Crippen molar-refractivity contribution in [1.29, 1.82) is 0 Å². The van der Waals surface area contributed by atoms with Crippen molar-refractivity contribution in [2.24, 2.45) is 0 Å². The zero-order valence-electron chi connectivity index (χ0n) is 11.0. The van der Waals surface area contributed by atoms with Gasteiger partial charge in [-0.2, -0.15) is 13.2 Å². The number of alkyl halides is 3. The third kappa shape index (κ3) is 6.37. The lowest BCUT2D eigenvalue weighted by atomic mass is 10.2. The molecule has 20 heavy (non-hydrogen) atoms. The van der Waals surface area contributed by atoms with Crippen molar-refractivity contribution in [3.05, 3.63) is 23.9 Å². The van der Waals surface area contributed by atoms with Gasteiger partial charge in [-0.05, 0) is 13.1 Å². The number of nitrogens with one attached hydrogen (secondary N) is 2. The molecule has 0 saturated heterocycles. The predicted octanol–water partition coefficient (Wildman–Crippen LogP) is 1.25. The van der Waals surface area contributed by atoms with E-state index in [1.165, 1.54) is 6.20 Å². The molecule has 0 aliphatic rings. The molecule has 5 nitrogen and oxygen atoms in total. The zero-order chi connectivity index (χ0) is 15.0. The number of nitrogens with zero attached hydrogens (tertiary/aromatic N) is 1. The number of carbonyl (C=O) groups is 1. The first kappa shape index (κ1) is 16.2. The normalized spacial score (nSPS) is 11.2. The first-order valence-corrected chi connectivity index (χ1v) is 5.97. The molecule has 0 aliphatic heterocycles. The van der Waals surface area contributed by atoms with Gasteiger partial charge >= 0.3 is 6.18 Å². The van der Waals surface area contributed by atoms with Crippen LogP contribution in [0, 0.1) is 0 Å². The molecule has 1 amide bonds. The van der Waals surface area contributed by atoms with E-state index in [0.717, 1.165) is 0 Å². The number of ether oxygens (including phenoxy) is 1. The maximum absolute atomic E-state index is 12.1. The molecule has 1 aromatic heterocycles. The Morgan fingerprint density at radius 2 is 2.20 bits per heavy atom. The number of halogens is 3. The highest BCUT2D eigenvalue weighted by Crippen LogP contribution is 2.19. The Morgan fingerprint density at radius 1 is 1.45 bits per heavy atom. The number of rotatable bonds is 7. The molecule has 0 aliphatic carbocycles. The van der Waals surface area contributed by atoms with E-state index >= 15 is 0 Å². The van der Waals surface area contributed by atoms with Crippen LogP contribution < -0.4 is 15.4 Å². The molecule has 0 saturated carbocycles. The number of hydrogen-bond acceptors (Lipinski definition) is 4. The molecule has 0 unspecified atom stereocenters. The van der Waals surface area contributed by atoms with Gasteiger partial charge in [0.25, 0.3) is 0 Å². The van der Waals surface area contributed by atoms with Crippen LogP contribution in [0.5, 0.6) is 5.88 Å². The van der Waals surface area contributed by atoms with Crippen LogP contribution in [-0.4, -0.2) is 37.3 Å². The van der Waals surface area contributed by atoms with Crippen molar-refractivity contribution >= 4 is 5.91 Å². The molecule has 0 aromatic carbocycles. The summed E-state index contributed by atoms with van der Waals surface area (Å²) in [6, 6.07) is 3.12. The average molecular weight is 291 g/mol. The van der Waals surface area contributed by atoms with E-state index in [1.54, 1.807) is 19.2 Å². The second-order valence-corrected chi connectivity index (χ2v) is 4.00. The lowest BCUT2D eigenvalue weighted by Crippen LogP contribution is -2.27. The van der Waals surface area contributed by atoms with Crippen molar-refractivity contribution in [1.82, 2.24) is 15.6 Å². The van der Waals surface area contributed by atoms with E-state index in [1.807, 2.05) is 0 Å². The summed E-state index contributed by atoms with van der Waals surface area (Å²) < 4.78 is 40.9. The standard InChI is InChI=1S/C12H16F3N3O2/c1-16-6-4-10(19)18-7-9-3-2-5-17-11(9)20-8-12(13,14)15/h2-3,5,16H,4,6-8H2,1H3,(H,18,19). The molecule has 1 aromatic rings. The summed E-state index contributed by atoms with van der Waals surface area (Å²) in [4.78, 5) is 15.1. The fourth-order valence-corrected chi connectivity index (χ4v) is 1.36. The van der Waals surface area contributed by atoms with Gasteiger partial charge in [0.15, 0.2) is 6.61 Å². The molecule has 112 valence electrons. The van der Waals surface area contributed by atoms with Gasteiger partial charge in [-0.25, -0.2) is 4.98 Å². The fourth-order valence-electron chi connectivity index (χ4n) is 1.36. The highest BCUT2D eigenvalue weighted by atomic mass is 19.4. The zero-order valence-corrected chi connectivity index (χ0v) is 11.0. The SMILES string of the molecule is CNCCC(=O)NCc1cccnc1OCC(F)(F)F. The Bertz CT molecular complexity index is 438. The molecular formula is C12H16F3N3O2. The average Bonchev–Trinajstić information content (AvgIpc) is 2.40. The molecule has 0 fully saturated rings. The van der Waals surface area contributed by atoms with E-state index in [2.05, 4.69) is 20.4 Å². The topological polar surface area (TPSA) is 63.2 Å². The van der Waals surface area contributed by atoms with E-state index in [9.17, 15) is 18.0 Å². The number of hydrogen-bond donors (Lipinski definition) is 2. The van der Waals surface area contributed by atoms with Crippen LogP contribution in [0.3, 0.4) is 0 Å². The minimum Gasteiger partial charge on any atom is -0.468 e. The molecule has 1 rings (SSSR count). The quantitative estimate of drug-likeness (QED) is 0.793. The van der Waals surface area contributed by atoms with E-state index in [-0.39, 0.29) is 24.8 Å². The van der Waals surface area contributed by atoms with Crippen molar-refractivity contribution in [3.8, 4) is 5.88 Å². The Hall–Kier alpha value is -1.83. The van der Waals surface area contributed by atoms with Crippen LogP contribution in [0.1, 0.15) is 12.0 Å². The van der Waals surface area contributed by atoms with Gasteiger partial charge in [0.1, 0.15) is 0 Å². The second-order valence-electron chi connectivity index (χ2n) is 4.00. The van der Waals surface area contributed by atoms with Gasteiger partial charge in [-0.15, -0.1) is 0 Å². The van der Waals surface area contributed by atoms with Gasteiger partial charge < -0.3 is 15.4 Å². The van der Waals surface area contributed by atoms with Gasteiger partial charge in [0.05, 0.1) is 0 Å². The Kier molecular flexibility index (Phi) is 6.23. The maximum Gasteiger partial charge on any atom is 0.422 e. The molecule has 8 heteroatoms. The number of aromatic nitrogens is 1. The van der Waals surface area contributed by atoms with Gasteiger partial charge in [-0.1, -0.05) is 6.07 Å². The second kappa shape index (κ2) is 7.68. The van der Waals surface area contributed by atoms with E-state index in [0.29, 0.717) is 12.1 Å². The van der Waals surface area contributed by atoms with Gasteiger partial charge in [0, 0.05) is 31.3 Å². The van der Waals surface area contributed by atoms with Crippen molar-refractivity contribution in [3.63, 3.8) is 0 Å². The van der Waals surface area contributed by atoms with E-state index < -0.39 is 12.8 Å². The minimum absolute atomic E-state index is 0.0730. The Labute approximate surface area is 114 Å². The third-order valence-corrected chi connectivity index (χ3v) is 2.30. The predicted molar refractivity (Wildman–Crippen MR) is 66.2 cm³/mol. The molecule has 0 spiro atoms. The fraction of sp³-hybridized carbons (Fsp3) is 0.500. The highest BCUT2D eigenvalue weighted by Gasteiger charge is 2.29. The summed E-state index contributed by atoms with van der Waals surface area (Å²) in [5, 5.41) is 5.41. The lowest BCUT2D eigenvalue weighted by Gasteiger charge is -2.12. The van der Waals surface area contributed by atoms with Gasteiger partial charge in [-0.3, -0.25) is 4.79 Å². The molecular weight excluding hydrogens is 275 g/mol. The van der Waals surface area contributed by atoms with Crippen LogP contribution in [0.2, 0.25) is 0 Å². The molecule has 0 bridgehead atoms. The highest BCUT2D eigenvalue weighted by molar-refractivity contribution is 5.76. The van der Waals surface area contributed by atoms with Crippen molar-refractivity contribution < 1.29 is 22.7 Å². The summed E-state index contributed by atoms with van der Waals surface area (Å²) in [6.07, 6.45) is -2.81. The summed E-state index contributed by atoms with van der Waals surface area (Å²) in [7, 11) is 1.72. The lowest BCUT2D eigenvalue weighted by molar-refractivity contribution is -0.154. The van der Waals surface area contributed by atoms with Crippen molar-refractivity contribution in [2.75, 3.05) is 20.2 Å². The Balaban J connectivity index is 2.55. The van der Waals surface area contributed by atoms with Crippen LogP contribution in [0.25, 0.3) is 0 Å². The van der Waals surface area contributed by atoms with Crippen LogP contribution in [0.4, 0.5) is 13.2 Å². The summed E-state index contributed by atoms with van der Waals surface area (Å²) in [5.41, 5.74) is 0.398. The molecule has 2 N–H and O–H groups in total. The Morgan fingerprint density at radius 3 is 2.85 bits per heavy atom. The molecule has 0 atom stereocenters. The summed E-state index contributed by atoms with van der Waals surface area (Å²) >= 11 is 0. The maximum atomic E-state index is 12.1. The van der Waals surface area contributed by atoms with E-state index in [4.69, 9.17) is 0 Å². The molecule has 1 heterocycles. The van der Waals surface area contributed by atoms with Crippen LogP contribution >= 0.6 is 0 Å². The molecule has 0 radical (unpaired) electrons. The van der Waals surface area contributed by atoms with Gasteiger partial charge in [0.2, 0.25) is 11.8 Å². The number of pyridine rings is 1. The number of amides is 1. The number of carbonyl (C=O) groups excluding carboxylic acids is 1. The van der Waals surface area contributed by atoms with Crippen molar-refractivity contribution in [2.45, 2.75) is 19.1 Å². The largest absolute Gasteiger partial charge is 0.468 e. The van der Waals surface area contributed by atoms with Crippen LogP contribution in [-0.2, 0) is 11.3 Å².